The van der Waals surface area contributed by atoms with Gasteiger partial charge in [-0.05, 0) is 0 Å². The summed E-state index contributed by atoms with van der Waals surface area (Å²) in [7, 11) is 0. The van der Waals surface area contributed by atoms with Gasteiger partial charge in [-0.25, -0.2) is 0 Å². The van der Waals surface area contributed by atoms with Gasteiger partial charge in [-0.1, -0.05) is 0 Å². The summed E-state index contributed by atoms with van der Waals surface area (Å²) in [4.78, 5) is 30.2. The maximum atomic E-state index is 8.57. The minimum absolute atomic E-state index is 0.250. The molecular weight excluding hydrogens is 276 g/mol. The summed E-state index contributed by atoms with van der Waals surface area (Å²) < 4.78 is 24.6. The Bertz CT molecular complexity index is 103. The SMILES string of the molecule is O=C=O.O=O.[C-]#[O+].[O]=[Ce]=[O]. The van der Waals surface area contributed by atoms with E-state index in [4.69, 9.17) is 26.0 Å². The summed E-state index contributed by atoms with van der Waals surface area (Å²) in [5.41, 5.74) is 0. The second-order valence-electron chi connectivity index (χ2n) is 0.167. The Morgan fingerprint density at radius 2 is 1.10 bits per heavy atom. The zero-order chi connectivity index (χ0) is 9.41. The Hall–Kier alpha value is -0.303. The predicted octanol–water partition coefficient (Wildman–Crippen LogP) is -0.792. The van der Waals surface area contributed by atoms with Gasteiger partial charge in [-0.2, -0.15) is 9.59 Å². The molecule has 0 heterocycles. The first-order valence-electron chi connectivity index (χ1n) is 1.19. The molecule has 0 saturated heterocycles. The summed E-state index contributed by atoms with van der Waals surface area (Å²) in [6, 6.07) is 0. The zero-order valence-corrected chi connectivity index (χ0v) is 7.50. The second kappa shape index (κ2) is 179. The number of rotatable bonds is 0. The van der Waals surface area contributed by atoms with Gasteiger partial charge in [0.25, 0.3) is 0 Å². The van der Waals surface area contributed by atoms with Gasteiger partial charge in [0.2, 0.25) is 0 Å². The molecule has 0 aromatic heterocycles. The van der Waals surface area contributed by atoms with Gasteiger partial charge in [-0.3, -0.25) is 0 Å². The van der Waals surface area contributed by atoms with Crippen LogP contribution in [0.2, 0.25) is 0 Å². The molecule has 0 rings (SSSR count). The molecule has 0 amide bonds. The summed E-state index contributed by atoms with van der Waals surface area (Å²) >= 11 is -2.42. The van der Waals surface area contributed by atoms with E-state index in [-0.39, 0.29) is 6.15 Å². The molecule has 7 nitrogen and oxygen atoms in total. The Morgan fingerprint density at radius 1 is 1.10 bits per heavy atom. The van der Waals surface area contributed by atoms with Gasteiger partial charge in [-0.15, -0.1) is 0 Å². The Balaban J connectivity index is -0.0000000246. The third-order valence-electron chi connectivity index (χ3n) is 0. The van der Waals surface area contributed by atoms with E-state index in [0.717, 1.165) is 0 Å². The number of hydrogen-bond donors (Lipinski definition) is 0. The standard InChI is InChI=1S/CO2.CO.Ce.O2.2O/c2-1-3;1-2;;1-2;;. The van der Waals surface area contributed by atoms with E-state index >= 15 is 0 Å². The molecule has 0 radical (unpaired) electrons. The number of hydrogen-bond acceptors (Lipinski definition) is 6. The average Bonchev–Trinajstić information content (AvgIpc) is 1.99. The second-order valence-corrected chi connectivity index (χ2v) is 0.690. The average molecular weight is 276 g/mol. The van der Waals surface area contributed by atoms with E-state index in [1.54, 1.807) is 0 Å². The van der Waals surface area contributed by atoms with Crippen molar-refractivity contribution in [3.05, 3.63) is 16.6 Å². The molecule has 0 aliphatic rings. The van der Waals surface area contributed by atoms with Crippen molar-refractivity contribution in [2.45, 2.75) is 0 Å². The first kappa shape index (κ1) is 22.6. The van der Waals surface area contributed by atoms with Crippen molar-refractivity contribution >= 4 is 6.15 Å². The van der Waals surface area contributed by atoms with Crippen LogP contribution in [0.5, 0.6) is 0 Å². The maximum absolute atomic E-state index is 8.57. The Kier molecular flexibility index (Phi) is 404. The van der Waals surface area contributed by atoms with E-state index < -0.39 is 37.8 Å². The van der Waals surface area contributed by atoms with Crippen molar-refractivity contribution in [3.63, 3.8) is 0 Å². The van der Waals surface area contributed by atoms with Gasteiger partial charge < -0.3 is 0 Å². The molecule has 0 aliphatic carbocycles. The van der Waals surface area contributed by atoms with E-state index in [1.807, 2.05) is 0 Å². The third-order valence-corrected chi connectivity index (χ3v) is 0. The van der Waals surface area contributed by atoms with Crippen LogP contribution in [0.1, 0.15) is 0 Å². The van der Waals surface area contributed by atoms with Crippen LogP contribution in [0.15, 0.2) is 0 Å². The fourth-order valence-corrected chi connectivity index (χ4v) is 0. The van der Waals surface area contributed by atoms with Gasteiger partial charge in [0.1, 0.15) is 0 Å². The van der Waals surface area contributed by atoms with Crippen LogP contribution in [-0.4, -0.2) is 6.15 Å². The quantitative estimate of drug-likeness (QED) is 0.422. The summed E-state index contributed by atoms with van der Waals surface area (Å²) in [5, 5.41) is 0. The van der Waals surface area contributed by atoms with Crippen LogP contribution in [0, 0.1) is 54.4 Å². The molecule has 0 unspecified atom stereocenters. The van der Waals surface area contributed by atoms with Crippen molar-refractivity contribution in [3.8, 4) is 0 Å². The van der Waals surface area contributed by atoms with Crippen LogP contribution in [0.4, 0.5) is 0 Å². The zero-order valence-electron chi connectivity index (χ0n) is 4.36. The van der Waals surface area contributed by atoms with E-state index in [9.17, 15) is 0 Å². The molecule has 8 heteroatoms. The molecule has 0 atom stereocenters. The van der Waals surface area contributed by atoms with Crippen molar-refractivity contribution < 1.29 is 53.9 Å². The topological polar surface area (TPSA) is 122 Å². The molecule has 0 saturated carbocycles. The molecular formula is C2CeO7. The molecule has 10 heavy (non-hydrogen) atoms. The predicted molar refractivity (Wildman–Crippen MR) is 17.0 cm³/mol. The van der Waals surface area contributed by atoms with Gasteiger partial charge in [0.05, 0.1) is 0 Å². The van der Waals surface area contributed by atoms with Gasteiger partial charge in [0.15, 0.2) is 0 Å². The van der Waals surface area contributed by atoms with Crippen LogP contribution in [-0.2, 0) is 16.1 Å². The molecule has 0 bridgehead atoms. The van der Waals surface area contributed by atoms with Crippen molar-refractivity contribution in [2.24, 2.45) is 0 Å². The molecule has 54 valence electrons. The summed E-state index contributed by atoms with van der Waals surface area (Å²) in [6.45, 7) is 4.50. The Morgan fingerprint density at radius 3 is 1.10 bits per heavy atom. The van der Waals surface area contributed by atoms with Gasteiger partial charge >= 0.3 is 57.1 Å². The first-order valence-corrected chi connectivity index (χ1v) is 3.75. The first-order chi connectivity index (χ1) is 4.83. The normalized spacial score (nSPS) is 2.20. The van der Waals surface area contributed by atoms with Crippen molar-refractivity contribution in [1.29, 1.82) is 0 Å². The molecule has 0 N–H and O–H groups in total. The van der Waals surface area contributed by atoms with Crippen LogP contribution >= 0.6 is 0 Å². The van der Waals surface area contributed by atoms with Gasteiger partial charge in [0, 0.05) is 9.93 Å². The van der Waals surface area contributed by atoms with Crippen LogP contribution < -0.4 is 0 Å². The van der Waals surface area contributed by atoms with E-state index in [1.165, 1.54) is 0 Å². The summed E-state index contributed by atoms with van der Waals surface area (Å²) in [6.07, 6.45) is 0.250. The molecule has 0 spiro atoms. The third kappa shape index (κ3) is 3750. The monoisotopic (exact) mass is 276 g/mol. The van der Waals surface area contributed by atoms with Crippen LogP contribution in [0.25, 0.3) is 0 Å². The fourth-order valence-electron chi connectivity index (χ4n) is 0. The number of carbonyl (C=O) groups excluding carboxylic acids is 2. The summed E-state index contributed by atoms with van der Waals surface area (Å²) in [5.74, 6) is 0. The van der Waals surface area contributed by atoms with Crippen molar-refractivity contribution in [2.75, 3.05) is 0 Å². The van der Waals surface area contributed by atoms with Crippen LogP contribution in [0.3, 0.4) is 0 Å². The molecule has 0 fully saturated rings. The minimum atomic E-state index is -2.42. The molecule has 0 aromatic rings. The fraction of sp³-hybridized carbons (Fsp3) is 0. The Labute approximate surface area is 76.1 Å². The van der Waals surface area contributed by atoms with E-state index in [0.29, 0.717) is 0 Å². The molecule has 0 aromatic carbocycles. The molecule has 0 aliphatic heterocycles. The van der Waals surface area contributed by atoms with Crippen molar-refractivity contribution in [1.82, 2.24) is 0 Å². The van der Waals surface area contributed by atoms with E-state index in [2.05, 4.69) is 6.65 Å².